The number of nitrogens with zero attached hydrogens (tertiary/aromatic N) is 3. The number of halogens is 1. The van der Waals surface area contributed by atoms with Crippen LogP contribution in [0.15, 0.2) is 58.4 Å². The smallest absolute Gasteiger partial charge is 0.267 e. The first kappa shape index (κ1) is 23.4. The number of thiocarbonyl (C=S) groups is 1. The van der Waals surface area contributed by atoms with Crippen molar-refractivity contribution in [1.29, 1.82) is 0 Å². The molecule has 170 valence electrons. The van der Waals surface area contributed by atoms with Crippen molar-refractivity contribution in [3.8, 4) is 0 Å². The van der Waals surface area contributed by atoms with E-state index >= 15 is 0 Å². The summed E-state index contributed by atoms with van der Waals surface area (Å²) in [6.07, 6.45) is 3.77. The Hall–Kier alpha value is -2.72. The lowest BCUT2D eigenvalue weighted by molar-refractivity contribution is -0.122. The summed E-state index contributed by atoms with van der Waals surface area (Å²) < 4.78 is 1.80. The largest absolute Gasteiger partial charge is 0.394 e. The van der Waals surface area contributed by atoms with Gasteiger partial charge in [0, 0.05) is 11.2 Å². The minimum absolute atomic E-state index is 0.119. The van der Waals surface area contributed by atoms with Crippen LogP contribution in [-0.2, 0) is 11.3 Å². The van der Waals surface area contributed by atoms with E-state index in [0.29, 0.717) is 32.1 Å². The van der Waals surface area contributed by atoms with Gasteiger partial charge in [0.1, 0.15) is 15.8 Å². The lowest BCUT2D eigenvalue weighted by atomic mass is 10.2. The number of anilines is 1. The van der Waals surface area contributed by atoms with Crippen LogP contribution in [0.4, 0.5) is 5.82 Å². The zero-order valence-electron chi connectivity index (χ0n) is 17.7. The Labute approximate surface area is 205 Å². The summed E-state index contributed by atoms with van der Waals surface area (Å²) in [4.78, 5) is 32.8. The van der Waals surface area contributed by atoms with Crippen LogP contribution >= 0.6 is 35.6 Å². The van der Waals surface area contributed by atoms with Gasteiger partial charge < -0.3 is 10.4 Å². The second kappa shape index (κ2) is 10.0. The van der Waals surface area contributed by atoms with Crippen LogP contribution in [0.1, 0.15) is 24.5 Å². The fraction of sp³-hybridized carbons (Fsp3) is 0.217. The minimum atomic E-state index is -0.327. The Bertz CT molecular complexity index is 1320. The zero-order chi connectivity index (χ0) is 23.5. The summed E-state index contributed by atoms with van der Waals surface area (Å²) in [6.45, 7) is 2.04. The third-order valence-corrected chi connectivity index (χ3v) is 7.00. The molecule has 0 aliphatic carbocycles. The highest BCUT2D eigenvalue weighted by Gasteiger charge is 2.33. The molecule has 1 aliphatic rings. The van der Waals surface area contributed by atoms with Gasteiger partial charge >= 0.3 is 0 Å². The summed E-state index contributed by atoms with van der Waals surface area (Å²) in [7, 11) is 0. The quantitative estimate of drug-likeness (QED) is 0.375. The molecule has 0 radical (unpaired) electrons. The van der Waals surface area contributed by atoms with Crippen LogP contribution in [0.5, 0.6) is 0 Å². The summed E-state index contributed by atoms with van der Waals surface area (Å²) in [5, 5.41) is 13.3. The number of aliphatic hydroxyl groups is 1. The topological polar surface area (TPSA) is 86.9 Å². The number of aliphatic hydroxyl groups excluding tert-OH is 1. The van der Waals surface area contributed by atoms with Gasteiger partial charge in [0.05, 0.1) is 29.7 Å². The molecule has 4 rings (SSSR count). The van der Waals surface area contributed by atoms with Crippen molar-refractivity contribution in [2.45, 2.75) is 25.9 Å². The van der Waals surface area contributed by atoms with Crippen LogP contribution in [0.25, 0.3) is 11.7 Å². The number of hydrogen-bond donors (Lipinski definition) is 2. The fourth-order valence-corrected chi connectivity index (χ4v) is 4.81. The molecule has 2 aromatic heterocycles. The molecule has 2 N–H and O–H groups in total. The van der Waals surface area contributed by atoms with Gasteiger partial charge in [-0.25, -0.2) is 4.98 Å². The van der Waals surface area contributed by atoms with E-state index in [2.05, 4.69) is 10.3 Å². The minimum Gasteiger partial charge on any atom is -0.394 e. The van der Waals surface area contributed by atoms with Crippen molar-refractivity contribution >= 4 is 63.3 Å². The van der Waals surface area contributed by atoms with Crippen LogP contribution < -0.4 is 10.9 Å². The first-order valence-electron chi connectivity index (χ1n) is 10.3. The van der Waals surface area contributed by atoms with Crippen molar-refractivity contribution in [2.24, 2.45) is 0 Å². The number of nitrogens with one attached hydrogen (secondary N) is 1. The molecule has 1 aliphatic heterocycles. The SMILES string of the molecule is CCC(CO)Nc1nc2ccccn2c(=O)c1C=C1SC(=S)N(Cc2ccccc2Cl)C1=O. The van der Waals surface area contributed by atoms with E-state index in [-0.39, 0.29) is 36.2 Å². The van der Waals surface area contributed by atoms with Gasteiger partial charge in [0.2, 0.25) is 0 Å². The highest BCUT2D eigenvalue weighted by atomic mass is 35.5. The number of fused-ring (bicyclic) bond motifs is 1. The first-order valence-corrected chi connectivity index (χ1v) is 11.9. The Kier molecular flexibility index (Phi) is 7.14. The molecule has 1 fully saturated rings. The molecule has 3 heterocycles. The van der Waals surface area contributed by atoms with Gasteiger partial charge in [-0.05, 0) is 36.3 Å². The predicted molar refractivity (Wildman–Crippen MR) is 136 cm³/mol. The maximum absolute atomic E-state index is 13.3. The van der Waals surface area contributed by atoms with Crippen molar-refractivity contribution in [3.05, 3.63) is 80.1 Å². The number of carbonyl (C=O) groups is 1. The highest BCUT2D eigenvalue weighted by molar-refractivity contribution is 8.26. The Morgan fingerprint density at radius 3 is 2.73 bits per heavy atom. The maximum atomic E-state index is 13.3. The first-order chi connectivity index (χ1) is 15.9. The number of thioether (sulfide) groups is 1. The van der Waals surface area contributed by atoms with E-state index < -0.39 is 0 Å². The fourth-order valence-electron chi connectivity index (χ4n) is 3.38. The second-order valence-electron chi connectivity index (χ2n) is 7.40. The molecule has 1 saturated heterocycles. The maximum Gasteiger partial charge on any atom is 0.267 e. The Morgan fingerprint density at radius 2 is 2.00 bits per heavy atom. The van der Waals surface area contributed by atoms with Crippen LogP contribution in [0, 0.1) is 0 Å². The normalized spacial score (nSPS) is 16.1. The van der Waals surface area contributed by atoms with E-state index in [9.17, 15) is 14.7 Å². The molecule has 1 atom stereocenters. The Morgan fingerprint density at radius 1 is 1.24 bits per heavy atom. The van der Waals surface area contributed by atoms with Crippen molar-refractivity contribution in [2.75, 3.05) is 11.9 Å². The molecule has 0 spiro atoms. The van der Waals surface area contributed by atoms with E-state index in [1.54, 1.807) is 30.5 Å². The molecule has 3 aromatic rings. The predicted octanol–water partition coefficient (Wildman–Crippen LogP) is 3.93. The standard InChI is InChI=1S/C23H21ClN4O3S2/c1-2-15(13-29)25-20-16(21(30)27-10-6-5-9-19(27)26-20)11-18-22(31)28(23(32)33-18)12-14-7-3-4-8-17(14)24/h3-11,15,25,29H,2,12-13H2,1H3. The zero-order valence-corrected chi connectivity index (χ0v) is 20.1. The molecule has 1 aromatic carbocycles. The molecular weight excluding hydrogens is 480 g/mol. The average Bonchev–Trinajstić information content (AvgIpc) is 3.08. The van der Waals surface area contributed by atoms with E-state index in [1.165, 1.54) is 15.4 Å². The third kappa shape index (κ3) is 4.81. The van der Waals surface area contributed by atoms with Gasteiger partial charge in [0.25, 0.3) is 11.5 Å². The van der Waals surface area contributed by atoms with E-state index in [0.717, 1.165) is 17.3 Å². The molecule has 7 nitrogen and oxygen atoms in total. The number of hydrogen-bond acceptors (Lipinski definition) is 7. The van der Waals surface area contributed by atoms with Crippen LogP contribution in [-0.4, -0.2) is 42.3 Å². The molecule has 1 unspecified atom stereocenters. The molecule has 33 heavy (non-hydrogen) atoms. The summed E-state index contributed by atoms with van der Waals surface area (Å²) in [5.41, 5.74) is 1.14. The Balaban J connectivity index is 1.75. The third-order valence-electron chi connectivity index (χ3n) is 5.26. The lowest BCUT2D eigenvalue weighted by Crippen LogP contribution is -2.28. The number of rotatable bonds is 7. The van der Waals surface area contributed by atoms with E-state index in [4.69, 9.17) is 23.8 Å². The molecule has 0 saturated carbocycles. The summed E-state index contributed by atoms with van der Waals surface area (Å²) in [5.74, 6) is 0.00565. The molecule has 0 bridgehead atoms. The van der Waals surface area contributed by atoms with E-state index in [1.807, 2.05) is 25.1 Å². The van der Waals surface area contributed by atoms with Crippen LogP contribution in [0.2, 0.25) is 5.02 Å². The average molecular weight is 501 g/mol. The molecule has 1 amide bonds. The number of benzene rings is 1. The van der Waals surface area contributed by atoms with Gasteiger partial charge in [-0.2, -0.15) is 0 Å². The number of amides is 1. The number of pyridine rings is 1. The van der Waals surface area contributed by atoms with Crippen molar-refractivity contribution in [1.82, 2.24) is 14.3 Å². The number of carbonyl (C=O) groups excluding carboxylic acids is 1. The monoisotopic (exact) mass is 500 g/mol. The second-order valence-corrected chi connectivity index (χ2v) is 9.48. The molecular formula is C23H21ClN4O3S2. The molecule has 10 heteroatoms. The number of aromatic nitrogens is 2. The summed E-state index contributed by atoms with van der Waals surface area (Å²) in [6, 6.07) is 12.2. The van der Waals surface area contributed by atoms with Crippen LogP contribution in [0.3, 0.4) is 0 Å². The van der Waals surface area contributed by atoms with Gasteiger partial charge in [0.15, 0.2) is 0 Å². The van der Waals surface area contributed by atoms with Gasteiger partial charge in [-0.3, -0.25) is 18.9 Å². The van der Waals surface area contributed by atoms with Gasteiger partial charge in [-0.1, -0.05) is 66.8 Å². The summed E-state index contributed by atoms with van der Waals surface area (Å²) >= 11 is 12.8. The lowest BCUT2D eigenvalue weighted by Gasteiger charge is -2.17. The van der Waals surface area contributed by atoms with Crippen molar-refractivity contribution in [3.63, 3.8) is 0 Å². The van der Waals surface area contributed by atoms with Gasteiger partial charge in [-0.15, -0.1) is 0 Å². The highest BCUT2D eigenvalue weighted by Crippen LogP contribution is 2.35. The van der Waals surface area contributed by atoms with Crippen molar-refractivity contribution < 1.29 is 9.90 Å².